The lowest BCUT2D eigenvalue weighted by Crippen LogP contribution is -2.23. The minimum Gasteiger partial charge on any atom is -0.494 e. The van der Waals surface area contributed by atoms with Crippen molar-refractivity contribution < 1.29 is 9.53 Å². The highest BCUT2D eigenvalue weighted by atomic mass is 16.5. The number of aromatic nitrogens is 3. The zero-order valence-electron chi connectivity index (χ0n) is 14.3. The number of hydrogen-bond acceptors (Lipinski definition) is 4. The van der Waals surface area contributed by atoms with Gasteiger partial charge in [-0.05, 0) is 43.7 Å². The van der Waals surface area contributed by atoms with Gasteiger partial charge in [0.1, 0.15) is 5.75 Å². The molecule has 0 saturated heterocycles. The first kappa shape index (κ1) is 16.7. The second kappa shape index (κ2) is 7.61. The van der Waals surface area contributed by atoms with Crippen LogP contribution in [0.15, 0.2) is 54.7 Å². The predicted octanol–water partition coefficient (Wildman–Crippen LogP) is 2.90. The third-order valence-electron chi connectivity index (χ3n) is 3.71. The van der Waals surface area contributed by atoms with Crippen LogP contribution in [0.1, 0.15) is 28.5 Å². The Morgan fingerprint density at radius 2 is 1.84 bits per heavy atom. The van der Waals surface area contributed by atoms with E-state index in [1.807, 2.05) is 62.4 Å². The van der Waals surface area contributed by atoms with Crippen LogP contribution in [0, 0.1) is 6.92 Å². The van der Waals surface area contributed by atoms with Gasteiger partial charge in [0.25, 0.3) is 5.91 Å². The van der Waals surface area contributed by atoms with Crippen LogP contribution in [0.5, 0.6) is 5.75 Å². The van der Waals surface area contributed by atoms with E-state index in [2.05, 4.69) is 15.6 Å². The van der Waals surface area contributed by atoms with E-state index in [0.717, 1.165) is 22.6 Å². The average Bonchev–Trinajstić information content (AvgIpc) is 3.12. The topological polar surface area (TPSA) is 69.0 Å². The molecule has 6 heteroatoms. The number of amides is 1. The SMILES string of the molecule is CCOc1ccc(CNC(=O)c2cn(-c3ccc(C)cc3)nn2)cc1. The maximum Gasteiger partial charge on any atom is 0.273 e. The molecule has 3 aromatic rings. The lowest BCUT2D eigenvalue weighted by atomic mass is 10.2. The minimum atomic E-state index is -0.257. The second-order valence-electron chi connectivity index (χ2n) is 5.64. The molecule has 1 N–H and O–H groups in total. The number of hydrogen-bond donors (Lipinski definition) is 1. The third-order valence-corrected chi connectivity index (χ3v) is 3.71. The van der Waals surface area contributed by atoms with Crippen LogP contribution >= 0.6 is 0 Å². The molecule has 0 unspecified atom stereocenters. The molecule has 0 aliphatic rings. The van der Waals surface area contributed by atoms with Gasteiger partial charge in [-0.1, -0.05) is 35.0 Å². The van der Waals surface area contributed by atoms with Gasteiger partial charge in [0.05, 0.1) is 18.5 Å². The number of nitrogens with one attached hydrogen (secondary N) is 1. The van der Waals surface area contributed by atoms with E-state index in [1.165, 1.54) is 0 Å². The van der Waals surface area contributed by atoms with Crippen molar-refractivity contribution in [1.29, 1.82) is 0 Å². The number of carbonyl (C=O) groups excluding carboxylic acids is 1. The molecule has 0 radical (unpaired) electrons. The maximum absolute atomic E-state index is 12.2. The van der Waals surface area contributed by atoms with Crippen molar-refractivity contribution in [3.63, 3.8) is 0 Å². The number of aryl methyl sites for hydroxylation is 1. The van der Waals surface area contributed by atoms with E-state index in [4.69, 9.17) is 4.74 Å². The Morgan fingerprint density at radius 3 is 2.52 bits per heavy atom. The van der Waals surface area contributed by atoms with Crippen molar-refractivity contribution in [3.05, 3.63) is 71.5 Å². The minimum absolute atomic E-state index is 0.257. The zero-order chi connectivity index (χ0) is 17.6. The quantitative estimate of drug-likeness (QED) is 0.751. The highest BCUT2D eigenvalue weighted by molar-refractivity contribution is 5.91. The van der Waals surface area contributed by atoms with Gasteiger partial charge in [0.2, 0.25) is 0 Å². The maximum atomic E-state index is 12.2. The van der Waals surface area contributed by atoms with Crippen molar-refractivity contribution in [2.45, 2.75) is 20.4 Å². The molecule has 25 heavy (non-hydrogen) atoms. The van der Waals surface area contributed by atoms with Gasteiger partial charge in [0, 0.05) is 6.54 Å². The molecule has 6 nitrogen and oxygen atoms in total. The highest BCUT2D eigenvalue weighted by Crippen LogP contribution is 2.12. The number of rotatable bonds is 6. The van der Waals surface area contributed by atoms with E-state index in [1.54, 1.807) is 10.9 Å². The predicted molar refractivity (Wildman–Crippen MR) is 94.9 cm³/mol. The summed E-state index contributed by atoms with van der Waals surface area (Å²) < 4.78 is 6.99. The summed E-state index contributed by atoms with van der Waals surface area (Å²) in [4.78, 5) is 12.2. The largest absolute Gasteiger partial charge is 0.494 e. The Bertz CT molecular complexity index is 839. The molecule has 2 aromatic carbocycles. The van der Waals surface area contributed by atoms with Crippen molar-refractivity contribution in [1.82, 2.24) is 20.3 Å². The van der Waals surface area contributed by atoms with Crippen molar-refractivity contribution in [2.24, 2.45) is 0 Å². The summed E-state index contributed by atoms with van der Waals surface area (Å²) in [5.41, 5.74) is 3.30. The molecule has 128 valence electrons. The fraction of sp³-hybridized carbons (Fsp3) is 0.211. The van der Waals surface area contributed by atoms with Crippen LogP contribution in [-0.4, -0.2) is 27.5 Å². The third kappa shape index (κ3) is 4.23. The summed E-state index contributed by atoms with van der Waals surface area (Å²) in [5.74, 6) is 0.561. The Balaban J connectivity index is 1.61. The van der Waals surface area contributed by atoms with Crippen LogP contribution in [0.3, 0.4) is 0 Å². The summed E-state index contributed by atoms with van der Waals surface area (Å²) in [6, 6.07) is 15.5. The van der Waals surface area contributed by atoms with Crippen LogP contribution in [0.4, 0.5) is 0 Å². The molecule has 1 aromatic heterocycles. The molecule has 0 aliphatic heterocycles. The summed E-state index contributed by atoms with van der Waals surface area (Å²) in [7, 11) is 0. The molecule has 0 aliphatic carbocycles. The van der Waals surface area contributed by atoms with E-state index >= 15 is 0 Å². The summed E-state index contributed by atoms with van der Waals surface area (Å²) in [6.07, 6.45) is 1.62. The van der Waals surface area contributed by atoms with Gasteiger partial charge >= 0.3 is 0 Å². The van der Waals surface area contributed by atoms with Gasteiger partial charge < -0.3 is 10.1 Å². The number of nitrogens with zero attached hydrogens (tertiary/aromatic N) is 3. The van der Waals surface area contributed by atoms with Crippen LogP contribution < -0.4 is 10.1 Å². The standard InChI is InChI=1S/C19H20N4O2/c1-3-25-17-10-6-15(7-11-17)12-20-19(24)18-13-23(22-21-18)16-8-4-14(2)5-9-16/h4-11,13H,3,12H2,1-2H3,(H,20,24). The number of carbonyl (C=O) groups is 1. The Kier molecular flexibility index (Phi) is 5.09. The van der Waals surface area contributed by atoms with E-state index in [9.17, 15) is 4.79 Å². The lowest BCUT2D eigenvalue weighted by Gasteiger charge is -2.06. The Labute approximate surface area is 146 Å². The van der Waals surface area contributed by atoms with Crippen LogP contribution in [0.2, 0.25) is 0 Å². The van der Waals surface area contributed by atoms with Gasteiger partial charge in [-0.3, -0.25) is 4.79 Å². The fourth-order valence-corrected chi connectivity index (χ4v) is 2.33. The van der Waals surface area contributed by atoms with Crippen LogP contribution in [-0.2, 0) is 6.54 Å². The monoisotopic (exact) mass is 336 g/mol. The first-order chi connectivity index (χ1) is 12.2. The van der Waals surface area contributed by atoms with Crippen molar-refractivity contribution >= 4 is 5.91 Å². The molecule has 1 amide bonds. The molecular weight excluding hydrogens is 316 g/mol. The molecule has 3 rings (SSSR count). The van der Waals surface area contributed by atoms with Crippen molar-refractivity contribution in [3.8, 4) is 11.4 Å². The second-order valence-corrected chi connectivity index (χ2v) is 5.64. The summed E-state index contributed by atoms with van der Waals surface area (Å²) >= 11 is 0. The molecule has 0 saturated carbocycles. The Hall–Kier alpha value is -3.15. The smallest absolute Gasteiger partial charge is 0.273 e. The van der Waals surface area contributed by atoms with Crippen LogP contribution in [0.25, 0.3) is 5.69 Å². The first-order valence-electron chi connectivity index (χ1n) is 8.15. The molecule has 0 spiro atoms. The van der Waals surface area contributed by atoms with E-state index in [0.29, 0.717) is 13.2 Å². The normalized spacial score (nSPS) is 10.5. The van der Waals surface area contributed by atoms with Gasteiger partial charge in [-0.2, -0.15) is 0 Å². The molecule has 0 bridgehead atoms. The summed E-state index contributed by atoms with van der Waals surface area (Å²) in [5, 5.41) is 10.8. The number of ether oxygens (including phenoxy) is 1. The first-order valence-corrected chi connectivity index (χ1v) is 8.15. The zero-order valence-corrected chi connectivity index (χ0v) is 14.3. The molecular formula is C19H20N4O2. The molecule has 0 atom stereocenters. The highest BCUT2D eigenvalue weighted by Gasteiger charge is 2.11. The Morgan fingerprint density at radius 1 is 1.12 bits per heavy atom. The molecule has 0 fully saturated rings. The lowest BCUT2D eigenvalue weighted by molar-refractivity contribution is 0.0946. The summed E-state index contributed by atoms with van der Waals surface area (Å²) in [6.45, 7) is 5.01. The fourth-order valence-electron chi connectivity index (χ4n) is 2.33. The number of benzene rings is 2. The molecule has 1 heterocycles. The van der Waals surface area contributed by atoms with Gasteiger partial charge in [-0.15, -0.1) is 5.10 Å². The van der Waals surface area contributed by atoms with E-state index < -0.39 is 0 Å². The van der Waals surface area contributed by atoms with Crippen molar-refractivity contribution in [2.75, 3.05) is 6.61 Å². The van der Waals surface area contributed by atoms with E-state index in [-0.39, 0.29) is 11.6 Å². The average molecular weight is 336 g/mol. The van der Waals surface area contributed by atoms with Gasteiger partial charge in [-0.25, -0.2) is 4.68 Å². The van der Waals surface area contributed by atoms with Gasteiger partial charge in [0.15, 0.2) is 5.69 Å².